The minimum absolute atomic E-state index is 0.156. The van der Waals surface area contributed by atoms with Crippen LogP contribution in [0.2, 0.25) is 0 Å². The Morgan fingerprint density at radius 1 is 1.15 bits per heavy atom. The number of aliphatic hydroxyl groups excluding tert-OH is 1. The van der Waals surface area contributed by atoms with Crippen molar-refractivity contribution in [1.29, 1.82) is 0 Å². The van der Waals surface area contributed by atoms with Crippen LogP contribution in [0.1, 0.15) is 48.8 Å². The van der Waals surface area contributed by atoms with E-state index in [1.54, 1.807) is 19.5 Å². The van der Waals surface area contributed by atoms with Gasteiger partial charge in [-0.1, -0.05) is 0 Å². The summed E-state index contributed by atoms with van der Waals surface area (Å²) in [6, 6.07) is 4.21. The van der Waals surface area contributed by atoms with Crippen molar-refractivity contribution < 1.29 is 14.6 Å². The summed E-state index contributed by atoms with van der Waals surface area (Å²) in [6.07, 6.45) is 7.20. The fourth-order valence-corrected chi connectivity index (χ4v) is 4.02. The number of rotatable bonds is 4. The number of aliphatic hydroxyl groups is 1. The lowest BCUT2D eigenvalue weighted by molar-refractivity contribution is 0.111. The second-order valence-electron chi connectivity index (χ2n) is 6.77. The summed E-state index contributed by atoms with van der Waals surface area (Å²) in [6.45, 7) is 2.53. The van der Waals surface area contributed by atoms with Crippen LogP contribution in [-0.4, -0.2) is 46.6 Å². The van der Waals surface area contributed by atoms with Gasteiger partial charge in [-0.05, 0) is 43.9 Å². The van der Waals surface area contributed by atoms with Crippen LogP contribution in [0.15, 0.2) is 35.8 Å². The first kappa shape index (κ1) is 17.0. The molecule has 0 radical (unpaired) electrons. The van der Waals surface area contributed by atoms with E-state index in [0.29, 0.717) is 12.4 Å². The van der Waals surface area contributed by atoms with Crippen LogP contribution in [0, 0.1) is 0 Å². The Morgan fingerprint density at radius 3 is 2.69 bits per heavy atom. The van der Waals surface area contributed by atoms with Gasteiger partial charge in [0.15, 0.2) is 11.5 Å². The summed E-state index contributed by atoms with van der Waals surface area (Å²) in [5.41, 5.74) is 3.95. The highest BCUT2D eigenvalue weighted by Gasteiger charge is 2.37. The molecule has 1 aromatic carbocycles. The molecule has 1 fully saturated rings. The summed E-state index contributed by atoms with van der Waals surface area (Å²) in [4.78, 5) is 13.3. The molecule has 1 aliphatic carbocycles. The van der Waals surface area contributed by atoms with Crippen molar-refractivity contribution in [3.8, 4) is 11.5 Å². The molecule has 6 nitrogen and oxygen atoms in total. The Balaban J connectivity index is 1.89. The zero-order valence-electron chi connectivity index (χ0n) is 15.1. The number of nitrogens with zero attached hydrogens (tertiary/aromatic N) is 3. The summed E-state index contributed by atoms with van der Waals surface area (Å²) in [7, 11) is 1.64. The first-order valence-corrected chi connectivity index (χ1v) is 9.07. The quantitative estimate of drug-likeness (QED) is 0.914. The van der Waals surface area contributed by atoms with Gasteiger partial charge in [0.1, 0.15) is 6.33 Å². The van der Waals surface area contributed by atoms with Crippen molar-refractivity contribution in [3.05, 3.63) is 47.5 Å². The van der Waals surface area contributed by atoms with E-state index in [9.17, 15) is 5.11 Å². The number of ether oxygens (including phenoxy) is 2. The number of methoxy groups -OCH3 is 1. The van der Waals surface area contributed by atoms with E-state index in [1.165, 1.54) is 6.33 Å². The van der Waals surface area contributed by atoms with E-state index in [2.05, 4.69) is 16.0 Å². The molecule has 2 heterocycles. The number of benzene rings is 1. The van der Waals surface area contributed by atoms with Gasteiger partial charge in [0.05, 0.1) is 31.6 Å². The third-order valence-electron chi connectivity index (χ3n) is 5.21. The highest BCUT2D eigenvalue weighted by molar-refractivity contribution is 6.14. The van der Waals surface area contributed by atoms with Crippen LogP contribution in [0.4, 0.5) is 0 Å². The van der Waals surface area contributed by atoms with Gasteiger partial charge in [0, 0.05) is 29.4 Å². The molecule has 6 heteroatoms. The highest BCUT2D eigenvalue weighted by atomic mass is 16.5. The van der Waals surface area contributed by atoms with Gasteiger partial charge in [0.25, 0.3) is 0 Å². The minimum Gasteiger partial charge on any atom is -0.493 e. The molecule has 4 rings (SSSR count). The van der Waals surface area contributed by atoms with Crippen LogP contribution in [0.3, 0.4) is 0 Å². The van der Waals surface area contributed by atoms with Crippen molar-refractivity contribution in [2.45, 2.75) is 44.2 Å². The largest absolute Gasteiger partial charge is 0.493 e. The number of aliphatic imine (C=N–C) groups is 1. The molecule has 1 N–H and O–H groups in total. The van der Waals surface area contributed by atoms with E-state index < -0.39 is 0 Å². The van der Waals surface area contributed by atoms with Gasteiger partial charge in [-0.15, -0.1) is 0 Å². The van der Waals surface area contributed by atoms with E-state index in [-0.39, 0.29) is 18.1 Å². The second-order valence-corrected chi connectivity index (χ2v) is 6.77. The maximum Gasteiger partial charge on any atom is 0.161 e. The van der Waals surface area contributed by atoms with Gasteiger partial charge in [-0.2, -0.15) is 0 Å². The third-order valence-corrected chi connectivity index (χ3v) is 5.21. The lowest BCUT2D eigenvalue weighted by atomic mass is 9.74. The summed E-state index contributed by atoms with van der Waals surface area (Å²) >= 11 is 0. The third kappa shape index (κ3) is 2.94. The van der Waals surface area contributed by atoms with E-state index in [4.69, 9.17) is 14.5 Å². The summed E-state index contributed by atoms with van der Waals surface area (Å²) in [5.74, 6) is 1.61. The van der Waals surface area contributed by atoms with Gasteiger partial charge in [0.2, 0.25) is 0 Å². The van der Waals surface area contributed by atoms with E-state index in [1.807, 2.05) is 13.0 Å². The predicted molar refractivity (Wildman–Crippen MR) is 98.2 cm³/mol. The smallest absolute Gasteiger partial charge is 0.161 e. The van der Waals surface area contributed by atoms with Crippen LogP contribution in [0.5, 0.6) is 11.5 Å². The monoisotopic (exact) mass is 353 g/mol. The molecule has 3 atom stereocenters. The molecule has 0 spiro atoms. The van der Waals surface area contributed by atoms with Gasteiger partial charge < -0.3 is 14.6 Å². The molecular weight excluding hydrogens is 330 g/mol. The normalized spacial score (nSPS) is 24.3. The molecule has 2 aromatic rings. The number of fused-ring (bicyclic) bond motifs is 3. The van der Waals surface area contributed by atoms with Gasteiger partial charge >= 0.3 is 0 Å². The maximum atomic E-state index is 10.2. The van der Waals surface area contributed by atoms with E-state index in [0.717, 1.165) is 47.4 Å². The van der Waals surface area contributed by atoms with Crippen LogP contribution in [0.25, 0.3) is 0 Å². The molecule has 26 heavy (non-hydrogen) atoms. The van der Waals surface area contributed by atoms with Gasteiger partial charge in [-0.3, -0.25) is 4.99 Å². The van der Waals surface area contributed by atoms with Crippen LogP contribution >= 0.6 is 0 Å². The Morgan fingerprint density at radius 2 is 1.96 bits per heavy atom. The van der Waals surface area contributed by atoms with Crippen molar-refractivity contribution >= 4 is 5.71 Å². The standard InChI is InChI=1S/C20H23N3O3/c1-3-26-19-7-14-15-6-13(24)4-5-17(15)23-20(12-9-21-11-22-10-12)16(14)8-18(19)25-2/h7-11,13,15,17,24H,3-6H2,1-2H3. The average molecular weight is 353 g/mol. The zero-order chi connectivity index (χ0) is 18.1. The molecular formula is C20H23N3O3. The fourth-order valence-electron chi connectivity index (χ4n) is 4.02. The fraction of sp³-hybridized carbons (Fsp3) is 0.450. The molecule has 0 amide bonds. The lowest BCUT2D eigenvalue weighted by Crippen LogP contribution is -2.34. The Kier molecular flexibility index (Phi) is 4.59. The molecule has 2 aliphatic rings. The summed E-state index contributed by atoms with van der Waals surface area (Å²) < 4.78 is 11.3. The molecule has 1 aliphatic heterocycles. The van der Waals surface area contributed by atoms with Crippen molar-refractivity contribution in [2.24, 2.45) is 4.99 Å². The Labute approximate surface area is 152 Å². The van der Waals surface area contributed by atoms with E-state index >= 15 is 0 Å². The second kappa shape index (κ2) is 7.03. The number of aromatic nitrogens is 2. The summed E-state index contributed by atoms with van der Waals surface area (Å²) in [5, 5.41) is 10.2. The van der Waals surface area contributed by atoms with Crippen LogP contribution in [-0.2, 0) is 0 Å². The predicted octanol–water partition coefficient (Wildman–Crippen LogP) is 2.73. The molecule has 136 valence electrons. The molecule has 0 bridgehead atoms. The Hall–Kier alpha value is -2.47. The SMILES string of the molecule is CCOc1cc2c(cc1OC)C(c1cncnc1)=NC1CCC(O)CC21. The Bertz CT molecular complexity index is 823. The molecule has 3 unspecified atom stereocenters. The highest BCUT2D eigenvalue weighted by Crippen LogP contribution is 2.44. The maximum absolute atomic E-state index is 10.2. The number of hydrogen-bond acceptors (Lipinski definition) is 6. The minimum atomic E-state index is -0.279. The van der Waals surface area contributed by atoms with Crippen molar-refractivity contribution in [1.82, 2.24) is 9.97 Å². The topological polar surface area (TPSA) is 76.8 Å². The first-order chi connectivity index (χ1) is 12.7. The molecule has 0 saturated heterocycles. The van der Waals surface area contributed by atoms with Gasteiger partial charge in [-0.25, -0.2) is 9.97 Å². The molecule has 1 aromatic heterocycles. The molecule has 1 saturated carbocycles. The van der Waals surface area contributed by atoms with Crippen LogP contribution < -0.4 is 9.47 Å². The number of hydrogen-bond donors (Lipinski definition) is 1. The lowest BCUT2D eigenvalue weighted by Gasteiger charge is -2.37. The van der Waals surface area contributed by atoms with Crippen molar-refractivity contribution in [3.63, 3.8) is 0 Å². The zero-order valence-corrected chi connectivity index (χ0v) is 15.1. The van der Waals surface area contributed by atoms with Crippen molar-refractivity contribution in [2.75, 3.05) is 13.7 Å². The average Bonchev–Trinajstić information content (AvgIpc) is 2.68. The first-order valence-electron chi connectivity index (χ1n) is 9.07.